The fourth-order valence-corrected chi connectivity index (χ4v) is 4.59. The Balaban J connectivity index is 1.35. The van der Waals surface area contributed by atoms with Crippen LogP contribution in [-0.4, -0.2) is 42.1 Å². The van der Waals surface area contributed by atoms with E-state index in [9.17, 15) is 14.9 Å². The Morgan fingerprint density at radius 3 is 1.71 bits per heavy atom. The average molecular weight is 570 g/mol. The minimum atomic E-state index is -1.11. The van der Waals surface area contributed by atoms with Gasteiger partial charge in [0, 0.05) is 12.1 Å². The van der Waals surface area contributed by atoms with Gasteiger partial charge in [0.25, 0.3) is 5.69 Å². The minimum absolute atomic E-state index is 0.127. The summed E-state index contributed by atoms with van der Waals surface area (Å²) in [5.74, 6) is -0.698. The van der Waals surface area contributed by atoms with Gasteiger partial charge < -0.3 is 23.7 Å². The number of nitro benzene ring substituents is 1. The van der Waals surface area contributed by atoms with Crippen LogP contribution < -0.4 is 0 Å². The van der Waals surface area contributed by atoms with Gasteiger partial charge in [-0.05, 0) is 28.8 Å². The Kier molecular flexibility index (Phi) is 10.0. The Morgan fingerprint density at radius 2 is 1.19 bits per heavy atom. The molecule has 4 aromatic rings. The maximum absolute atomic E-state index is 13.1. The van der Waals surface area contributed by atoms with Crippen LogP contribution in [0.1, 0.15) is 27.0 Å². The lowest BCUT2D eigenvalue weighted by Gasteiger charge is -2.25. The molecular formula is C33H31NO8. The van der Waals surface area contributed by atoms with E-state index in [4.69, 9.17) is 23.7 Å². The molecule has 42 heavy (non-hydrogen) atoms. The van der Waals surface area contributed by atoms with E-state index < -0.39 is 35.5 Å². The van der Waals surface area contributed by atoms with Gasteiger partial charge in [0.15, 0.2) is 0 Å². The highest BCUT2D eigenvalue weighted by Gasteiger charge is 2.48. The molecule has 9 heteroatoms. The zero-order valence-corrected chi connectivity index (χ0v) is 22.8. The summed E-state index contributed by atoms with van der Waals surface area (Å²) in [7, 11) is 0. The number of carbonyl (C=O) groups excluding carboxylic acids is 1. The van der Waals surface area contributed by atoms with E-state index in [1.54, 1.807) is 0 Å². The van der Waals surface area contributed by atoms with E-state index in [1.807, 2.05) is 91.0 Å². The van der Waals surface area contributed by atoms with Crippen LogP contribution in [0.3, 0.4) is 0 Å². The monoisotopic (exact) mass is 569 g/mol. The molecule has 0 bridgehead atoms. The summed E-state index contributed by atoms with van der Waals surface area (Å²) in [6.07, 6.45) is -3.11. The largest absolute Gasteiger partial charge is 0.429 e. The van der Waals surface area contributed by atoms with Crippen molar-refractivity contribution in [2.75, 3.05) is 6.61 Å². The highest BCUT2D eigenvalue weighted by molar-refractivity contribution is 5.89. The number of nitro groups is 1. The third-order valence-corrected chi connectivity index (χ3v) is 6.77. The van der Waals surface area contributed by atoms with Gasteiger partial charge in [0.05, 0.1) is 36.9 Å². The van der Waals surface area contributed by atoms with Crippen LogP contribution in [0.4, 0.5) is 5.69 Å². The topological polar surface area (TPSA) is 106 Å². The average Bonchev–Trinajstić information content (AvgIpc) is 3.35. The number of non-ortho nitro benzene ring substituents is 1. The van der Waals surface area contributed by atoms with Crippen LogP contribution in [0.25, 0.3) is 0 Å². The van der Waals surface area contributed by atoms with E-state index in [0.717, 1.165) is 16.7 Å². The van der Waals surface area contributed by atoms with Crippen LogP contribution in [-0.2, 0) is 43.5 Å². The van der Waals surface area contributed by atoms with Crippen molar-refractivity contribution in [3.8, 4) is 0 Å². The third kappa shape index (κ3) is 7.86. The molecule has 0 aliphatic carbocycles. The van der Waals surface area contributed by atoms with E-state index in [0.29, 0.717) is 6.61 Å². The Hall–Kier alpha value is -4.41. The fraction of sp³-hybridized carbons (Fsp3) is 0.242. The maximum Gasteiger partial charge on any atom is 0.340 e. The lowest BCUT2D eigenvalue weighted by molar-refractivity contribution is -0.384. The molecule has 1 saturated heterocycles. The van der Waals surface area contributed by atoms with Gasteiger partial charge in [-0.15, -0.1) is 0 Å². The summed E-state index contributed by atoms with van der Waals surface area (Å²) >= 11 is 0. The van der Waals surface area contributed by atoms with Crippen molar-refractivity contribution in [1.29, 1.82) is 0 Å². The molecule has 0 spiro atoms. The third-order valence-electron chi connectivity index (χ3n) is 6.77. The van der Waals surface area contributed by atoms with E-state index in [-0.39, 0.29) is 31.1 Å². The van der Waals surface area contributed by atoms with Crippen molar-refractivity contribution in [3.05, 3.63) is 148 Å². The first-order chi connectivity index (χ1) is 20.6. The molecule has 5 rings (SSSR count). The molecule has 0 saturated carbocycles. The lowest BCUT2D eigenvalue weighted by atomic mass is 10.1. The zero-order chi connectivity index (χ0) is 29.1. The number of hydrogen-bond donors (Lipinski definition) is 0. The van der Waals surface area contributed by atoms with Crippen LogP contribution >= 0.6 is 0 Å². The maximum atomic E-state index is 13.1. The molecule has 1 unspecified atom stereocenters. The van der Waals surface area contributed by atoms with Crippen molar-refractivity contribution in [1.82, 2.24) is 0 Å². The fourth-order valence-electron chi connectivity index (χ4n) is 4.59. The summed E-state index contributed by atoms with van der Waals surface area (Å²) in [4.78, 5) is 23.6. The SMILES string of the molecule is O=C(OC1O[C@H](COCc2ccccc2)[C@H](OCc2ccccc2)[C@@H]1OCc1ccccc1)c1ccc([N+](=O)[O-])cc1. The Bertz CT molecular complexity index is 1420. The highest BCUT2D eigenvalue weighted by Crippen LogP contribution is 2.31. The predicted octanol–water partition coefficient (Wildman–Crippen LogP) is 5.86. The van der Waals surface area contributed by atoms with Gasteiger partial charge in [-0.1, -0.05) is 91.0 Å². The van der Waals surface area contributed by atoms with Crippen molar-refractivity contribution >= 4 is 11.7 Å². The van der Waals surface area contributed by atoms with Gasteiger partial charge in [0.1, 0.15) is 18.3 Å². The summed E-state index contributed by atoms with van der Waals surface area (Å²) in [5.41, 5.74) is 2.93. The smallest absolute Gasteiger partial charge is 0.340 e. The van der Waals surface area contributed by atoms with Crippen molar-refractivity contribution < 1.29 is 33.4 Å². The summed E-state index contributed by atoms with van der Waals surface area (Å²) in [6, 6.07) is 34.3. The number of esters is 1. The second-order valence-corrected chi connectivity index (χ2v) is 9.78. The molecule has 0 aromatic heterocycles. The second kappa shape index (κ2) is 14.5. The number of hydrogen-bond acceptors (Lipinski definition) is 8. The molecule has 0 radical (unpaired) electrons. The van der Waals surface area contributed by atoms with Gasteiger partial charge in [-0.25, -0.2) is 4.79 Å². The minimum Gasteiger partial charge on any atom is -0.429 e. The first-order valence-corrected chi connectivity index (χ1v) is 13.6. The Morgan fingerprint density at radius 1 is 0.690 bits per heavy atom. The lowest BCUT2D eigenvalue weighted by Crippen LogP contribution is -2.40. The van der Waals surface area contributed by atoms with Gasteiger partial charge in [-0.3, -0.25) is 10.1 Å². The number of benzene rings is 4. The first-order valence-electron chi connectivity index (χ1n) is 13.6. The molecule has 1 heterocycles. The molecular weight excluding hydrogens is 538 g/mol. The van der Waals surface area contributed by atoms with E-state index >= 15 is 0 Å². The van der Waals surface area contributed by atoms with E-state index in [2.05, 4.69) is 0 Å². The quantitative estimate of drug-likeness (QED) is 0.112. The predicted molar refractivity (Wildman–Crippen MR) is 153 cm³/mol. The van der Waals surface area contributed by atoms with Crippen molar-refractivity contribution in [3.63, 3.8) is 0 Å². The van der Waals surface area contributed by atoms with Crippen LogP contribution in [0, 0.1) is 10.1 Å². The van der Waals surface area contributed by atoms with Crippen LogP contribution in [0.2, 0.25) is 0 Å². The number of ether oxygens (including phenoxy) is 5. The highest BCUT2D eigenvalue weighted by atomic mass is 16.7. The standard InChI is InChI=1S/C33H31NO8/c35-32(27-16-18-28(19-17-27)34(36)37)42-33-31(40-22-26-14-8-3-9-15-26)30(39-21-25-12-6-2-7-13-25)29(41-33)23-38-20-24-10-4-1-5-11-24/h1-19,29-31,33H,20-23H2/t29-,30+,31+,33?/m1/s1. The second-order valence-electron chi connectivity index (χ2n) is 9.78. The van der Waals surface area contributed by atoms with Crippen LogP contribution in [0.15, 0.2) is 115 Å². The van der Waals surface area contributed by atoms with Crippen molar-refractivity contribution in [2.24, 2.45) is 0 Å². The molecule has 9 nitrogen and oxygen atoms in total. The molecule has 0 amide bonds. The summed E-state index contributed by atoms with van der Waals surface area (Å²) in [5, 5.41) is 11.0. The van der Waals surface area contributed by atoms with Gasteiger partial charge >= 0.3 is 5.97 Å². The van der Waals surface area contributed by atoms with Crippen LogP contribution in [0.5, 0.6) is 0 Å². The van der Waals surface area contributed by atoms with Crippen molar-refractivity contribution in [2.45, 2.75) is 44.4 Å². The molecule has 0 N–H and O–H groups in total. The number of rotatable bonds is 13. The number of nitrogens with zero attached hydrogens (tertiary/aromatic N) is 1. The molecule has 1 aliphatic rings. The first kappa shape index (κ1) is 29.1. The Labute approximate surface area is 243 Å². The summed E-state index contributed by atoms with van der Waals surface area (Å²) in [6.45, 7) is 1.07. The molecule has 216 valence electrons. The van der Waals surface area contributed by atoms with Gasteiger partial charge in [0.2, 0.25) is 6.29 Å². The molecule has 1 aliphatic heterocycles. The normalized spacial score (nSPS) is 19.8. The number of carbonyl (C=O) groups is 1. The van der Waals surface area contributed by atoms with E-state index in [1.165, 1.54) is 24.3 Å². The zero-order valence-electron chi connectivity index (χ0n) is 22.8. The van der Waals surface area contributed by atoms with Gasteiger partial charge in [-0.2, -0.15) is 0 Å². The molecule has 4 atom stereocenters. The summed E-state index contributed by atoms with van der Waals surface area (Å²) < 4.78 is 30.7. The molecule has 1 fully saturated rings. The molecule has 4 aromatic carbocycles.